The minimum Gasteiger partial charge on any atom is -0.395 e. The van der Waals surface area contributed by atoms with Crippen molar-refractivity contribution in [2.24, 2.45) is 0 Å². The molecule has 1 N–H and O–H groups in total. The smallest absolute Gasteiger partial charge is 0.0936 e. The standard InChI is InChI=1S/C8H17NO2/c1-7(2)9(3-4-10)5-8-6-11-8/h7-8,10H,3-6H2,1-2H3. The van der Waals surface area contributed by atoms with Crippen molar-refractivity contribution in [3.8, 4) is 0 Å². The van der Waals surface area contributed by atoms with Crippen LogP contribution in [0, 0.1) is 0 Å². The summed E-state index contributed by atoms with van der Waals surface area (Å²) in [5, 5.41) is 8.74. The molecule has 0 bridgehead atoms. The predicted molar refractivity (Wildman–Crippen MR) is 43.5 cm³/mol. The van der Waals surface area contributed by atoms with E-state index in [0.29, 0.717) is 12.1 Å². The molecule has 11 heavy (non-hydrogen) atoms. The molecule has 0 aromatic rings. The molecule has 1 unspecified atom stereocenters. The normalized spacial score (nSPS) is 23.2. The molecular weight excluding hydrogens is 142 g/mol. The summed E-state index contributed by atoms with van der Waals surface area (Å²) in [4.78, 5) is 2.23. The summed E-state index contributed by atoms with van der Waals surface area (Å²) < 4.78 is 5.11. The molecule has 3 heteroatoms. The maximum atomic E-state index is 8.74. The van der Waals surface area contributed by atoms with Crippen LogP contribution < -0.4 is 0 Å². The van der Waals surface area contributed by atoms with Gasteiger partial charge >= 0.3 is 0 Å². The Morgan fingerprint density at radius 3 is 2.64 bits per heavy atom. The Labute approximate surface area is 68.0 Å². The van der Waals surface area contributed by atoms with Crippen LogP contribution in [0.4, 0.5) is 0 Å². The number of aliphatic hydroxyl groups excluding tert-OH is 1. The molecule has 0 aliphatic carbocycles. The molecule has 0 radical (unpaired) electrons. The lowest BCUT2D eigenvalue weighted by Gasteiger charge is -2.24. The number of ether oxygens (including phenoxy) is 1. The molecule has 1 aliphatic rings. The average molecular weight is 159 g/mol. The minimum absolute atomic E-state index is 0.241. The molecule has 0 aromatic heterocycles. The van der Waals surface area contributed by atoms with Gasteiger partial charge in [0.05, 0.1) is 19.3 Å². The number of hydrogen-bond acceptors (Lipinski definition) is 3. The number of nitrogens with zero attached hydrogens (tertiary/aromatic N) is 1. The average Bonchev–Trinajstić information content (AvgIpc) is 2.70. The van der Waals surface area contributed by atoms with Crippen LogP contribution in [0.3, 0.4) is 0 Å². The van der Waals surface area contributed by atoms with Gasteiger partial charge in [-0.15, -0.1) is 0 Å². The van der Waals surface area contributed by atoms with Crippen molar-refractivity contribution in [2.45, 2.75) is 26.0 Å². The van der Waals surface area contributed by atoms with E-state index in [-0.39, 0.29) is 6.61 Å². The van der Waals surface area contributed by atoms with Gasteiger partial charge in [0.25, 0.3) is 0 Å². The Hall–Kier alpha value is -0.120. The van der Waals surface area contributed by atoms with Crippen molar-refractivity contribution < 1.29 is 9.84 Å². The third-order valence-electron chi connectivity index (χ3n) is 1.96. The Bertz CT molecular complexity index is 113. The Morgan fingerprint density at radius 1 is 1.64 bits per heavy atom. The first-order chi connectivity index (χ1) is 5.24. The van der Waals surface area contributed by atoms with Crippen LogP contribution in [0.2, 0.25) is 0 Å². The maximum absolute atomic E-state index is 8.74. The van der Waals surface area contributed by atoms with Crippen molar-refractivity contribution in [1.82, 2.24) is 4.90 Å². The molecule has 0 saturated carbocycles. The zero-order valence-corrected chi connectivity index (χ0v) is 7.29. The lowest BCUT2D eigenvalue weighted by Crippen LogP contribution is -2.36. The minimum atomic E-state index is 0.241. The highest BCUT2D eigenvalue weighted by molar-refractivity contribution is 4.76. The van der Waals surface area contributed by atoms with Crippen LogP contribution in [-0.2, 0) is 4.74 Å². The number of rotatable bonds is 5. The summed E-state index contributed by atoms with van der Waals surface area (Å²) in [6.07, 6.45) is 0.434. The fourth-order valence-electron chi connectivity index (χ4n) is 1.12. The van der Waals surface area contributed by atoms with Crippen LogP contribution in [0.15, 0.2) is 0 Å². The first-order valence-electron chi connectivity index (χ1n) is 4.20. The number of epoxide rings is 1. The molecule has 1 rings (SSSR count). The van der Waals surface area contributed by atoms with Gasteiger partial charge in [-0.1, -0.05) is 0 Å². The predicted octanol–water partition coefficient (Wildman–Crippen LogP) is 0.0879. The monoisotopic (exact) mass is 159 g/mol. The van der Waals surface area contributed by atoms with Crippen molar-refractivity contribution in [2.75, 3.05) is 26.3 Å². The van der Waals surface area contributed by atoms with Crippen LogP contribution in [0.25, 0.3) is 0 Å². The van der Waals surface area contributed by atoms with Gasteiger partial charge in [-0.25, -0.2) is 0 Å². The lowest BCUT2D eigenvalue weighted by atomic mass is 10.3. The summed E-state index contributed by atoms with van der Waals surface area (Å²) >= 11 is 0. The van der Waals surface area contributed by atoms with Gasteiger partial charge in [0.1, 0.15) is 0 Å². The number of aliphatic hydroxyl groups is 1. The highest BCUT2D eigenvalue weighted by Crippen LogP contribution is 2.12. The topological polar surface area (TPSA) is 36.0 Å². The zero-order valence-electron chi connectivity index (χ0n) is 7.29. The molecule has 1 fully saturated rings. The van der Waals surface area contributed by atoms with E-state index in [1.807, 2.05) is 0 Å². The van der Waals surface area contributed by atoms with E-state index in [0.717, 1.165) is 19.7 Å². The van der Waals surface area contributed by atoms with E-state index in [2.05, 4.69) is 18.7 Å². The summed E-state index contributed by atoms with van der Waals surface area (Å²) in [6.45, 7) is 7.14. The van der Waals surface area contributed by atoms with E-state index in [1.54, 1.807) is 0 Å². The van der Waals surface area contributed by atoms with E-state index in [9.17, 15) is 0 Å². The summed E-state index contributed by atoms with van der Waals surface area (Å²) in [7, 11) is 0. The second kappa shape index (κ2) is 4.04. The van der Waals surface area contributed by atoms with Crippen LogP contribution in [0.1, 0.15) is 13.8 Å². The van der Waals surface area contributed by atoms with E-state index < -0.39 is 0 Å². The number of hydrogen-bond donors (Lipinski definition) is 1. The molecule has 1 aliphatic heterocycles. The second-order valence-corrected chi connectivity index (χ2v) is 3.27. The van der Waals surface area contributed by atoms with Gasteiger partial charge in [-0.05, 0) is 13.8 Å². The first-order valence-corrected chi connectivity index (χ1v) is 4.20. The molecule has 1 atom stereocenters. The molecule has 1 saturated heterocycles. The largest absolute Gasteiger partial charge is 0.395 e. The van der Waals surface area contributed by atoms with Crippen LogP contribution in [-0.4, -0.2) is 48.5 Å². The van der Waals surface area contributed by atoms with Crippen LogP contribution in [0.5, 0.6) is 0 Å². The third kappa shape index (κ3) is 3.18. The quantitative estimate of drug-likeness (QED) is 0.577. The molecular formula is C8H17NO2. The fraction of sp³-hybridized carbons (Fsp3) is 1.00. The van der Waals surface area contributed by atoms with E-state index >= 15 is 0 Å². The van der Waals surface area contributed by atoms with Gasteiger partial charge in [0.2, 0.25) is 0 Å². The Kier molecular flexibility index (Phi) is 3.30. The summed E-state index contributed by atoms with van der Waals surface area (Å²) in [5.74, 6) is 0. The maximum Gasteiger partial charge on any atom is 0.0936 e. The van der Waals surface area contributed by atoms with E-state index in [1.165, 1.54) is 0 Å². The SMILES string of the molecule is CC(C)N(CCO)CC1CO1. The Morgan fingerprint density at radius 2 is 2.27 bits per heavy atom. The van der Waals surface area contributed by atoms with Gasteiger partial charge in [-0.3, -0.25) is 4.90 Å². The molecule has 3 nitrogen and oxygen atoms in total. The molecule has 0 amide bonds. The molecule has 0 spiro atoms. The highest BCUT2D eigenvalue weighted by Gasteiger charge is 2.25. The molecule has 66 valence electrons. The lowest BCUT2D eigenvalue weighted by molar-refractivity contribution is 0.154. The van der Waals surface area contributed by atoms with Gasteiger partial charge < -0.3 is 9.84 Å². The summed E-state index contributed by atoms with van der Waals surface area (Å²) in [6, 6.07) is 0.506. The summed E-state index contributed by atoms with van der Waals surface area (Å²) in [5.41, 5.74) is 0. The molecule has 0 aromatic carbocycles. The van der Waals surface area contributed by atoms with Crippen molar-refractivity contribution in [1.29, 1.82) is 0 Å². The van der Waals surface area contributed by atoms with Gasteiger partial charge in [-0.2, -0.15) is 0 Å². The zero-order chi connectivity index (χ0) is 8.27. The van der Waals surface area contributed by atoms with Crippen LogP contribution >= 0.6 is 0 Å². The second-order valence-electron chi connectivity index (χ2n) is 3.27. The molecule has 1 heterocycles. The highest BCUT2D eigenvalue weighted by atomic mass is 16.6. The first kappa shape index (κ1) is 8.97. The van der Waals surface area contributed by atoms with Crippen molar-refractivity contribution in [3.05, 3.63) is 0 Å². The fourth-order valence-corrected chi connectivity index (χ4v) is 1.12. The van der Waals surface area contributed by atoms with Gasteiger partial charge in [0.15, 0.2) is 0 Å². The van der Waals surface area contributed by atoms with E-state index in [4.69, 9.17) is 9.84 Å². The third-order valence-corrected chi connectivity index (χ3v) is 1.96. The van der Waals surface area contributed by atoms with Crippen molar-refractivity contribution in [3.63, 3.8) is 0 Å². The van der Waals surface area contributed by atoms with Gasteiger partial charge in [0, 0.05) is 19.1 Å². The Balaban J connectivity index is 2.19. The van der Waals surface area contributed by atoms with Crippen molar-refractivity contribution >= 4 is 0 Å².